The molecular formula is C22H26N2O9. The van der Waals surface area contributed by atoms with Crippen LogP contribution in [-0.4, -0.2) is 70.8 Å². The Morgan fingerprint density at radius 2 is 1.70 bits per heavy atom. The van der Waals surface area contributed by atoms with Crippen LogP contribution in [0.4, 0.5) is 0 Å². The molecular weight excluding hydrogens is 436 g/mol. The van der Waals surface area contributed by atoms with Gasteiger partial charge >= 0.3 is 0 Å². The molecule has 0 saturated carbocycles. The van der Waals surface area contributed by atoms with E-state index in [0.717, 1.165) is 0 Å². The van der Waals surface area contributed by atoms with Crippen molar-refractivity contribution in [1.29, 1.82) is 0 Å². The predicted octanol–water partition coefficient (Wildman–Crippen LogP) is 0.727. The number of fused-ring (bicyclic) bond motifs is 1. The van der Waals surface area contributed by atoms with Gasteiger partial charge in [0, 0.05) is 18.2 Å². The summed E-state index contributed by atoms with van der Waals surface area (Å²) < 4.78 is 31.7. The first kappa shape index (κ1) is 23.8. The van der Waals surface area contributed by atoms with Crippen LogP contribution in [0.3, 0.4) is 0 Å². The fraction of sp³-hybridized carbons (Fsp3) is 0.364. The number of benzene rings is 2. The maximum absolute atomic E-state index is 12.4. The maximum atomic E-state index is 12.4. The Morgan fingerprint density at radius 3 is 2.36 bits per heavy atom. The first-order valence-corrected chi connectivity index (χ1v) is 10.0. The van der Waals surface area contributed by atoms with Crippen molar-refractivity contribution in [1.82, 2.24) is 10.6 Å². The van der Waals surface area contributed by atoms with E-state index in [1.807, 2.05) is 0 Å². The lowest BCUT2D eigenvalue weighted by Gasteiger charge is -2.15. The average molecular weight is 462 g/mol. The fourth-order valence-corrected chi connectivity index (χ4v) is 2.99. The van der Waals surface area contributed by atoms with Crippen molar-refractivity contribution < 1.29 is 43.1 Å². The summed E-state index contributed by atoms with van der Waals surface area (Å²) in [4.78, 5) is 24.5. The van der Waals surface area contributed by atoms with E-state index in [9.17, 15) is 14.7 Å². The molecule has 0 radical (unpaired) electrons. The van der Waals surface area contributed by atoms with Gasteiger partial charge in [-0.25, -0.2) is 0 Å². The highest BCUT2D eigenvalue weighted by Crippen LogP contribution is 2.38. The molecule has 0 aromatic heterocycles. The quantitative estimate of drug-likeness (QED) is 0.442. The summed E-state index contributed by atoms with van der Waals surface area (Å²) in [6.07, 6.45) is -0.954. The van der Waals surface area contributed by atoms with Crippen LogP contribution in [0.25, 0.3) is 0 Å². The molecule has 2 amide bonds. The molecule has 3 rings (SSSR count). The Labute approximate surface area is 190 Å². The summed E-state index contributed by atoms with van der Waals surface area (Å²) >= 11 is 0. The van der Waals surface area contributed by atoms with Crippen molar-refractivity contribution in [2.75, 3.05) is 47.8 Å². The first-order chi connectivity index (χ1) is 15.9. The molecule has 1 unspecified atom stereocenters. The van der Waals surface area contributed by atoms with Gasteiger partial charge in [0.25, 0.3) is 5.91 Å². The van der Waals surface area contributed by atoms with E-state index in [-0.39, 0.29) is 32.1 Å². The Morgan fingerprint density at radius 1 is 1.00 bits per heavy atom. The normalized spacial score (nSPS) is 12.5. The van der Waals surface area contributed by atoms with E-state index in [1.54, 1.807) is 18.2 Å². The third kappa shape index (κ3) is 6.10. The SMILES string of the molecule is COc1cc(C(=O)NCC(=O)NCC(O)COc2ccc3c(c2)OCO3)cc(OC)c1OC. The van der Waals surface area contributed by atoms with Crippen LogP contribution in [0.2, 0.25) is 0 Å². The second-order valence-corrected chi connectivity index (χ2v) is 6.88. The Kier molecular flexibility index (Phi) is 8.03. The summed E-state index contributed by atoms with van der Waals surface area (Å²) in [6.45, 7) is -0.226. The fourth-order valence-electron chi connectivity index (χ4n) is 2.99. The molecule has 0 saturated heterocycles. The van der Waals surface area contributed by atoms with Crippen molar-refractivity contribution in [3.05, 3.63) is 35.9 Å². The Hall–Kier alpha value is -3.86. The molecule has 0 fully saturated rings. The molecule has 178 valence electrons. The van der Waals surface area contributed by atoms with Crippen molar-refractivity contribution in [2.45, 2.75) is 6.10 Å². The second kappa shape index (κ2) is 11.1. The zero-order valence-electron chi connectivity index (χ0n) is 18.5. The third-order valence-electron chi connectivity index (χ3n) is 4.66. The van der Waals surface area contributed by atoms with E-state index in [0.29, 0.717) is 34.5 Å². The molecule has 33 heavy (non-hydrogen) atoms. The molecule has 0 aliphatic carbocycles. The van der Waals surface area contributed by atoms with Gasteiger partial charge in [-0.3, -0.25) is 9.59 Å². The van der Waals surface area contributed by atoms with E-state index in [2.05, 4.69) is 10.6 Å². The number of methoxy groups -OCH3 is 3. The highest BCUT2D eigenvalue weighted by atomic mass is 16.7. The molecule has 0 bridgehead atoms. The van der Waals surface area contributed by atoms with Crippen LogP contribution in [0.5, 0.6) is 34.5 Å². The lowest BCUT2D eigenvalue weighted by Crippen LogP contribution is -2.41. The van der Waals surface area contributed by atoms with Gasteiger partial charge in [-0.05, 0) is 24.3 Å². The molecule has 0 spiro atoms. The van der Waals surface area contributed by atoms with E-state index >= 15 is 0 Å². The van der Waals surface area contributed by atoms with Crippen LogP contribution in [-0.2, 0) is 4.79 Å². The number of carbonyl (C=O) groups excluding carboxylic acids is 2. The summed E-state index contributed by atoms with van der Waals surface area (Å²) in [7, 11) is 4.33. The lowest BCUT2D eigenvalue weighted by atomic mass is 10.1. The minimum atomic E-state index is -0.954. The van der Waals surface area contributed by atoms with Gasteiger partial charge in [-0.1, -0.05) is 0 Å². The van der Waals surface area contributed by atoms with Crippen molar-refractivity contribution in [3.63, 3.8) is 0 Å². The molecule has 1 aliphatic heterocycles. The number of aliphatic hydroxyl groups excluding tert-OH is 1. The number of hydrogen-bond donors (Lipinski definition) is 3. The van der Waals surface area contributed by atoms with Gasteiger partial charge < -0.3 is 44.2 Å². The van der Waals surface area contributed by atoms with Crippen LogP contribution in [0, 0.1) is 0 Å². The summed E-state index contributed by atoms with van der Waals surface area (Å²) in [5.74, 6) is 1.71. The van der Waals surface area contributed by atoms with Crippen LogP contribution >= 0.6 is 0 Å². The largest absolute Gasteiger partial charge is 0.493 e. The molecule has 2 aromatic carbocycles. The van der Waals surface area contributed by atoms with Gasteiger partial charge in [0.15, 0.2) is 23.0 Å². The molecule has 1 aliphatic rings. The highest BCUT2D eigenvalue weighted by Gasteiger charge is 2.18. The Bertz CT molecular complexity index is 971. The zero-order chi connectivity index (χ0) is 23.8. The van der Waals surface area contributed by atoms with E-state index < -0.39 is 17.9 Å². The predicted molar refractivity (Wildman–Crippen MR) is 116 cm³/mol. The summed E-state index contributed by atoms with van der Waals surface area (Å²) in [5.41, 5.74) is 0.231. The monoisotopic (exact) mass is 462 g/mol. The maximum Gasteiger partial charge on any atom is 0.251 e. The number of ether oxygens (including phenoxy) is 6. The number of carbonyl (C=O) groups is 2. The number of nitrogens with one attached hydrogen (secondary N) is 2. The topological polar surface area (TPSA) is 134 Å². The zero-order valence-corrected chi connectivity index (χ0v) is 18.5. The van der Waals surface area contributed by atoms with Gasteiger partial charge in [0.2, 0.25) is 18.4 Å². The average Bonchev–Trinajstić information content (AvgIpc) is 3.31. The van der Waals surface area contributed by atoms with E-state index in [4.69, 9.17) is 28.4 Å². The molecule has 11 nitrogen and oxygen atoms in total. The van der Waals surface area contributed by atoms with Crippen molar-refractivity contribution in [2.24, 2.45) is 0 Å². The second-order valence-electron chi connectivity index (χ2n) is 6.88. The molecule has 1 atom stereocenters. The van der Waals surface area contributed by atoms with Gasteiger partial charge in [0.05, 0.1) is 27.9 Å². The van der Waals surface area contributed by atoms with Crippen LogP contribution in [0.15, 0.2) is 30.3 Å². The number of hydrogen-bond acceptors (Lipinski definition) is 9. The Balaban J connectivity index is 1.43. The molecule has 11 heteroatoms. The van der Waals surface area contributed by atoms with Gasteiger partial charge in [-0.2, -0.15) is 0 Å². The standard InChI is InChI=1S/C22H26N2O9/c1-28-18-6-13(7-19(29-2)21(18)30-3)22(27)24-10-20(26)23-9-14(25)11-31-15-4-5-16-17(8-15)33-12-32-16/h4-8,14,25H,9-12H2,1-3H3,(H,23,26)(H,24,27). The minimum Gasteiger partial charge on any atom is -0.493 e. The molecule has 3 N–H and O–H groups in total. The van der Waals surface area contributed by atoms with Crippen molar-refractivity contribution >= 4 is 11.8 Å². The van der Waals surface area contributed by atoms with Crippen molar-refractivity contribution in [3.8, 4) is 34.5 Å². The number of aliphatic hydroxyl groups is 1. The van der Waals surface area contributed by atoms with Crippen LogP contribution in [0.1, 0.15) is 10.4 Å². The van der Waals surface area contributed by atoms with E-state index in [1.165, 1.54) is 33.5 Å². The minimum absolute atomic E-state index is 0.0439. The number of rotatable bonds is 11. The lowest BCUT2D eigenvalue weighted by molar-refractivity contribution is -0.120. The summed E-state index contributed by atoms with van der Waals surface area (Å²) in [5, 5.41) is 15.1. The smallest absolute Gasteiger partial charge is 0.251 e. The number of amides is 2. The molecule has 1 heterocycles. The first-order valence-electron chi connectivity index (χ1n) is 10.0. The van der Waals surface area contributed by atoms with Crippen LogP contribution < -0.4 is 39.1 Å². The third-order valence-corrected chi connectivity index (χ3v) is 4.66. The summed E-state index contributed by atoms with van der Waals surface area (Å²) in [6, 6.07) is 8.02. The van der Waals surface area contributed by atoms with Gasteiger partial charge in [0.1, 0.15) is 18.5 Å². The highest BCUT2D eigenvalue weighted by molar-refractivity contribution is 5.97. The van der Waals surface area contributed by atoms with Gasteiger partial charge in [-0.15, -0.1) is 0 Å². The molecule has 2 aromatic rings.